The van der Waals surface area contributed by atoms with Gasteiger partial charge in [0.1, 0.15) is 12.2 Å². The van der Waals surface area contributed by atoms with Crippen molar-refractivity contribution in [2.45, 2.75) is 18.4 Å². The molecule has 10 heteroatoms. The number of rotatable bonds is 5. The van der Waals surface area contributed by atoms with E-state index in [0.29, 0.717) is 0 Å². The second-order valence-corrected chi connectivity index (χ2v) is 8.22. The summed E-state index contributed by atoms with van der Waals surface area (Å²) in [5.74, 6) is -1.46. The van der Waals surface area contributed by atoms with Crippen molar-refractivity contribution in [1.82, 2.24) is 19.0 Å². The van der Waals surface area contributed by atoms with E-state index in [2.05, 4.69) is 5.10 Å². The molecule has 1 fully saturated rings. The lowest BCUT2D eigenvalue weighted by Gasteiger charge is -2.34. The van der Waals surface area contributed by atoms with Gasteiger partial charge in [0.2, 0.25) is 15.9 Å². The Balaban J connectivity index is 1.63. The number of carbonyl (C=O) groups excluding carboxylic acids is 1. The molecule has 27 heavy (non-hydrogen) atoms. The molecule has 2 aromatic rings. The first-order valence-electron chi connectivity index (χ1n) is 8.39. The van der Waals surface area contributed by atoms with Gasteiger partial charge < -0.3 is 10.0 Å². The normalized spacial score (nSPS) is 15.7. The molecule has 1 amide bonds. The molecule has 0 atom stereocenters. The summed E-state index contributed by atoms with van der Waals surface area (Å²) >= 11 is 0. The van der Waals surface area contributed by atoms with Crippen LogP contribution in [0.2, 0.25) is 0 Å². The van der Waals surface area contributed by atoms with Crippen LogP contribution in [0.5, 0.6) is 0 Å². The van der Waals surface area contributed by atoms with E-state index >= 15 is 0 Å². The Morgan fingerprint density at radius 1 is 1.07 bits per heavy atom. The van der Waals surface area contributed by atoms with Crippen molar-refractivity contribution < 1.29 is 23.1 Å². The van der Waals surface area contributed by atoms with Crippen molar-refractivity contribution in [2.24, 2.45) is 0 Å². The fourth-order valence-corrected chi connectivity index (χ4v) is 4.33. The second kappa shape index (κ2) is 7.49. The molecule has 9 nitrogen and oxygen atoms in total. The molecular formula is C17H20N4O5S. The molecule has 1 aromatic heterocycles. The van der Waals surface area contributed by atoms with E-state index in [1.54, 1.807) is 24.3 Å². The Bertz CT molecular complexity index is 944. The second-order valence-electron chi connectivity index (χ2n) is 6.28. The Kier molecular flexibility index (Phi) is 5.29. The van der Waals surface area contributed by atoms with Crippen LogP contribution in [0.1, 0.15) is 16.1 Å². The van der Waals surface area contributed by atoms with E-state index < -0.39 is 16.0 Å². The molecule has 0 saturated carbocycles. The third kappa shape index (κ3) is 4.01. The average molecular weight is 392 g/mol. The molecule has 1 aliphatic rings. The van der Waals surface area contributed by atoms with Crippen LogP contribution in [0.3, 0.4) is 0 Å². The highest BCUT2D eigenvalue weighted by Gasteiger charge is 2.30. The molecular weight excluding hydrogens is 372 g/mol. The zero-order chi connectivity index (χ0) is 19.6. The molecule has 1 aromatic carbocycles. The topological polar surface area (TPSA) is 113 Å². The van der Waals surface area contributed by atoms with Crippen LogP contribution >= 0.6 is 0 Å². The van der Waals surface area contributed by atoms with Gasteiger partial charge >= 0.3 is 5.97 Å². The largest absolute Gasteiger partial charge is 0.477 e. The number of sulfonamides is 1. The number of aromatic nitrogens is 2. The lowest BCUT2D eigenvalue weighted by atomic mass is 10.2. The lowest BCUT2D eigenvalue weighted by molar-refractivity contribution is -0.133. The van der Waals surface area contributed by atoms with Gasteiger partial charge in [-0.1, -0.05) is 17.7 Å². The quantitative estimate of drug-likeness (QED) is 0.789. The summed E-state index contributed by atoms with van der Waals surface area (Å²) in [7, 11) is -3.60. The van der Waals surface area contributed by atoms with Gasteiger partial charge in [-0.15, -0.1) is 0 Å². The van der Waals surface area contributed by atoms with Gasteiger partial charge in [0.15, 0.2) is 0 Å². The monoisotopic (exact) mass is 392 g/mol. The number of carbonyl (C=O) groups is 2. The number of carboxylic acid groups (broad SMARTS) is 1. The number of nitrogens with zero attached hydrogens (tertiary/aromatic N) is 4. The third-order valence-corrected chi connectivity index (χ3v) is 6.38. The van der Waals surface area contributed by atoms with Crippen LogP contribution in [-0.2, 0) is 21.4 Å². The summed E-state index contributed by atoms with van der Waals surface area (Å²) < 4.78 is 27.9. The van der Waals surface area contributed by atoms with E-state index in [9.17, 15) is 18.0 Å². The van der Waals surface area contributed by atoms with E-state index in [-0.39, 0.29) is 49.2 Å². The molecule has 0 radical (unpaired) electrons. The summed E-state index contributed by atoms with van der Waals surface area (Å²) in [4.78, 5) is 25.3. The Morgan fingerprint density at radius 2 is 1.70 bits per heavy atom. The number of piperazine rings is 1. The molecule has 2 heterocycles. The molecule has 0 aliphatic carbocycles. The highest BCUT2D eigenvalue weighted by atomic mass is 32.2. The SMILES string of the molecule is Cc1ccc(S(=O)(=O)N2CCN(C(=O)Cn3nccc3C(=O)O)CC2)cc1. The van der Waals surface area contributed by atoms with E-state index in [1.165, 1.54) is 21.5 Å². The van der Waals surface area contributed by atoms with Gasteiger partial charge in [-0.25, -0.2) is 17.9 Å². The van der Waals surface area contributed by atoms with Crippen LogP contribution in [-0.4, -0.2) is 70.6 Å². The highest BCUT2D eigenvalue weighted by molar-refractivity contribution is 7.89. The molecule has 0 unspecified atom stereocenters. The molecule has 0 bridgehead atoms. The predicted octanol–water partition coefficient (Wildman–Crippen LogP) is 0.423. The lowest BCUT2D eigenvalue weighted by Crippen LogP contribution is -2.51. The summed E-state index contributed by atoms with van der Waals surface area (Å²) in [6, 6.07) is 7.97. The maximum atomic E-state index is 12.7. The zero-order valence-electron chi connectivity index (χ0n) is 14.8. The van der Waals surface area contributed by atoms with Crippen molar-refractivity contribution in [1.29, 1.82) is 0 Å². The van der Waals surface area contributed by atoms with Crippen LogP contribution in [0.15, 0.2) is 41.4 Å². The maximum absolute atomic E-state index is 12.7. The third-order valence-electron chi connectivity index (χ3n) is 4.47. The predicted molar refractivity (Wildman–Crippen MR) is 95.7 cm³/mol. The first-order valence-corrected chi connectivity index (χ1v) is 9.83. The maximum Gasteiger partial charge on any atom is 0.354 e. The fourth-order valence-electron chi connectivity index (χ4n) is 2.91. The minimum Gasteiger partial charge on any atom is -0.477 e. The van der Waals surface area contributed by atoms with Crippen LogP contribution < -0.4 is 0 Å². The van der Waals surface area contributed by atoms with Gasteiger partial charge in [0.05, 0.1) is 4.90 Å². The Hall–Kier alpha value is -2.72. The van der Waals surface area contributed by atoms with E-state index in [1.807, 2.05) is 6.92 Å². The van der Waals surface area contributed by atoms with Crippen molar-refractivity contribution in [3.05, 3.63) is 47.8 Å². The number of benzene rings is 1. The van der Waals surface area contributed by atoms with Crippen LogP contribution in [0.25, 0.3) is 0 Å². The smallest absolute Gasteiger partial charge is 0.354 e. The van der Waals surface area contributed by atoms with Gasteiger partial charge in [-0.05, 0) is 25.1 Å². The zero-order valence-corrected chi connectivity index (χ0v) is 15.6. The first kappa shape index (κ1) is 19.1. The average Bonchev–Trinajstić information content (AvgIpc) is 3.10. The standard InChI is InChI=1S/C17H20N4O5S/c1-13-2-4-14(5-3-13)27(25,26)20-10-8-19(9-11-20)16(22)12-21-15(17(23)24)6-7-18-21/h2-7H,8-12H2,1H3,(H,23,24). The van der Waals surface area contributed by atoms with Crippen molar-refractivity contribution >= 4 is 21.9 Å². The minimum absolute atomic E-state index is 0.0658. The van der Waals surface area contributed by atoms with Crippen molar-refractivity contribution in [2.75, 3.05) is 26.2 Å². The first-order chi connectivity index (χ1) is 12.8. The summed E-state index contributed by atoms with van der Waals surface area (Å²) in [5.41, 5.74) is 0.910. The minimum atomic E-state index is -3.60. The molecule has 3 rings (SSSR count). The van der Waals surface area contributed by atoms with E-state index in [4.69, 9.17) is 5.11 Å². The molecule has 1 aliphatic heterocycles. The number of aryl methyl sites for hydroxylation is 1. The Labute approximate surface area is 156 Å². The van der Waals surface area contributed by atoms with Crippen molar-refractivity contribution in [3.8, 4) is 0 Å². The van der Waals surface area contributed by atoms with Crippen molar-refractivity contribution in [3.63, 3.8) is 0 Å². The number of aromatic carboxylic acids is 1. The molecule has 1 saturated heterocycles. The molecule has 144 valence electrons. The number of hydrogen-bond acceptors (Lipinski definition) is 5. The summed E-state index contributed by atoms with van der Waals surface area (Å²) in [5, 5.41) is 12.9. The number of carboxylic acids is 1. The summed E-state index contributed by atoms with van der Waals surface area (Å²) in [6.07, 6.45) is 1.32. The number of amides is 1. The number of hydrogen-bond donors (Lipinski definition) is 1. The highest BCUT2D eigenvalue weighted by Crippen LogP contribution is 2.18. The summed E-state index contributed by atoms with van der Waals surface area (Å²) in [6.45, 7) is 2.55. The fraction of sp³-hybridized carbons (Fsp3) is 0.353. The van der Waals surface area contributed by atoms with Gasteiger partial charge in [-0.2, -0.15) is 9.40 Å². The van der Waals surface area contributed by atoms with Crippen LogP contribution in [0, 0.1) is 6.92 Å². The Morgan fingerprint density at radius 3 is 2.30 bits per heavy atom. The van der Waals surface area contributed by atoms with E-state index in [0.717, 1.165) is 10.2 Å². The van der Waals surface area contributed by atoms with Gasteiger partial charge in [0.25, 0.3) is 0 Å². The van der Waals surface area contributed by atoms with Crippen LogP contribution in [0.4, 0.5) is 0 Å². The van der Waals surface area contributed by atoms with Gasteiger partial charge in [0, 0.05) is 32.4 Å². The molecule has 0 spiro atoms. The molecule has 1 N–H and O–H groups in total. The van der Waals surface area contributed by atoms with Gasteiger partial charge in [-0.3, -0.25) is 4.79 Å².